The van der Waals surface area contributed by atoms with Gasteiger partial charge in [0.1, 0.15) is 0 Å². The van der Waals surface area contributed by atoms with E-state index in [0.29, 0.717) is 31.6 Å². The lowest BCUT2D eigenvalue weighted by Gasteiger charge is -2.32. The number of benzene rings is 2. The number of amides is 1. The number of para-hydroxylation sites is 3. The van der Waals surface area contributed by atoms with Crippen molar-refractivity contribution < 1.29 is 4.79 Å². The fourth-order valence-corrected chi connectivity index (χ4v) is 4.44. The summed E-state index contributed by atoms with van der Waals surface area (Å²) in [6.07, 6.45) is 1.26. The van der Waals surface area contributed by atoms with Gasteiger partial charge in [0.25, 0.3) is 5.91 Å². The standard InChI is InChI=1S/C24H23N5O3/c1-16-15-21(30)22(26-29(16)18-7-3-2-4-8-18)23(31)27-13-11-17(12-14-27)28-20-10-6-5-9-19(20)25-24(28)32/h2-10,15,17H,11-14H2,1H3,(H,25,32). The summed E-state index contributed by atoms with van der Waals surface area (Å²) < 4.78 is 3.40. The summed E-state index contributed by atoms with van der Waals surface area (Å²) in [4.78, 5) is 42.8. The topological polar surface area (TPSA) is 93.0 Å². The summed E-state index contributed by atoms with van der Waals surface area (Å²) in [6.45, 7) is 2.70. The summed E-state index contributed by atoms with van der Waals surface area (Å²) >= 11 is 0. The molecule has 0 atom stereocenters. The highest BCUT2D eigenvalue weighted by molar-refractivity contribution is 5.92. The predicted octanol–water partition coefficient (Wildman–Crippen LogP) is 2.66. The van der Waals surface area contributed by atoms with Crippen molar-refractivity contribution in [3.05, 3.63) is 92.8 Å². The molecular weight excluding hydrogens is 406 g/mol. The molecule has 8 nitrogen and oxygen atoms in total. The SMILES string of the molecule is Cc1cc(=O)c(C(=O)N2CCC(n3c(=O)[nH]c4ccccc43)CC2)nn1-c1ccccc1. The Morgan fingerprint density at radius 2 is 1.69 bits per heavy atom. The normalized spacial score (nSPS) is 14.7. The number of aryl methyl sites for hydroxylation is 1. The van der Waals surface area contributed by atoms with Crippen LogP contribution in [0.1, 0.15) is 35.1 Å². The molecule has 4 aromatic rings. The third-order valence-corrected chi connectivity index (χ3v) is 6.05. The van der Waals surface area contributed by atoms with Crippen molar-refractivity contribution in [3.63, 3.8) is 0 Å². The number of hydrogen-bond donors (Lipinski definition) is 1. The molecule has 162 valence electrons. The number of likely N-dealkylation sites (tertiary alicyclic amines) is 1. The maximum atomic E-state index is 13.2. The number of H-pyrrole nitrogens is 1. The molecule has 1 aliphatic rings. The molecule has 1 fully saturated rings. The van der Waals surface area contributed by atoms with Crippen molar-refractivity contribution in [2.24, 2.45) is 0 Å². The molecule has 0 unspecified atom stereocenters. The number of hydrogen-bond acceptors (Lipinski definition) is 4. The van der Waals surface area contributed by atoms with E-state index in [4.69, 9.17) is 0 Å². The van der Waals surface area contributed by atoms with Crippen molar-refractivity contribution in [2.45, 2.75) is 25.8 Å². The molecule has 1 amide bonds. The molecule has 5 rings (SSSR count). The number of carbonyl (C=O) groups is 1. The Labute approximate surface area is 183 Å². The molecule has 2 aromatic heterocycles. The van der Waals surface area contributed by atoms with Crippen LogP contribution in [-0.2, 0) is 0 Å². The summed E-state index contributed by atoms with van der Waals surface area (Å²) in [5, 5.41) is 4.39. The number of rotatable bonds is 3. The Hall–Kier alpha value is -3.94. The van der Waals surface area contributed by atoms with Gasteiger partial charge in [-0.15, -0.1) is 0 Å². The number of nitrogens with zero attached hydrogens (tertiary/aromatic N) is 4. The molecule has 8 heteroatoms. The van der Waals surface area contributed by atoms with E-state index in [9.17, 15) is 14.4 Å². The fourth-order valence-electron chi connectivity index (χ4n) is 4.44. The Morgan fingerprint density at radius 3 is 2.44 bits per heavy atom. The first-order valence-corrected chi connectivity index (χ1v) is 10.7. The van der Waals surface area contributed by atoms with Gasteiger partial charge in [0.15, 0.2) is 5.69 Å². The second-order valence-electron chi connectivity index (χ2n) is 8.09. The number of imidazole rings is 1. The van der Waals surface area contributed by atoms with Crippen LogP contribution in [0.3, 0.4) is 0 Å². The average Bonchev–Trinajstić information content (AvgIpc) is 3.15. The highest BCUT2D eigenvalue weighted by Gasteiger charge is 2.28. The van der Waals surface area contributed by atoms with Gasteiger partial charge in [0.2, 0.25) is 5.43 Å². The van der Waals surface area contributed by atoms with Crippen LogP contribution in [0.25, 0.3) is 16.7 Å². The number of nitrogens with one attached hydrogen (secondary N) is 1. The Morgan fingerprint density at radius 1 is 1.00 bits per heavy atom. The molecule has 0 spiro atoms. The van der Waals surface area contributed by atoms with E-state index in [-0.39, 0.29) is 28.8 Å². The van der Waals surface area contributed by atoms with Gasteiger partial charge in [-0.05, 0) is 44.0 Å². The van der Waals surface area contributed by atoms with E-state index in [0.717, 1.165) is 16.7 Å². The lowest BCUT2D eigenvalue weighted by Crippen LogP contribution is -2.42. The molecule has 1 saturated heterocycles. The summed E-state index contributed by atoms with van der Waals surface area (Å²) in [7, 11) is 0. The second-order valence-corrected chi connectivity index (χ2v) is 8.09. The minimum Gasteiger partial charge on any atom is -0.337 e. The first-order chi connectivity index (χ1) is 15.5. The van der Waals surface area contributed by atoms with Gasteiger partial charge in [-0.25, -0.2) is 9.48 Å². The van der Waals surface area contributed by atoms with Crippen LogP contribution in [0.4, 0.5) is 0 Å². The van der Waals surface area contributed by atoms with Crippen LogP contribution in [0.5, 0.6) is 0 Å². The molecule has 0 radical (unpaired) electrons. The molecular formula is C24H23N5O3. The van der Waals surface area contributed by atoms with Crippen molar-refractivity contribution in [2.75, 3.05) is 13.1 Å². The highest BCUT2D eigenvalue weighted by Crippen LogP contribution is 2.25. The second kappa shape index (κ2) is 7.96. The maximum absolute atomic E-state index is 13.2. The molecule has 2 aromatic carbocycles. The lowest BCUT2D eigenvalue weighted by atomic mass is 10.0. The van der Waals surface area contributed by atoms with Crippen LogP contribution >= 0.6 is 0 Å². The lowest BCUT2D eigenvalue weighted by molar-refractivity contribution is 0.0685. The smallest absolute Gasteiger partial charge is 0.326 e. The summed E-state index contributed by atoms with van der Waals surface area (Å²) in [5.74, 6) is -0.371. The van der Waals surface area contributed by atoms with E-state index >= 15 is 0 Å². The molecule has 1 aliphatic heterocycles. The number of fused-ring (bicyclic) bond motifs is 1. The minimum absolute atomic E-state index is 0.00495. The third kappa shape index (κ3) is 3.43. The predicted molar refractivity (Wildman–Crippen MR) is 121 cm³/mol. The average molecular weight is 429 g/mol. The van der Waals surface area contributed by atoms with Gasteiger partial charge in [-0.3, -0.25) is 14.2 Å². The molecule has 32 heavy (non-hydrogen) atoms. The van der Waals surface area contributed by atoms with Crippen LogP contribution < -0.4 is 11.1 Å². The highest BCUT2D eigenvalue weighted by atomic mass is 16.2. The van der Waals surface area contributed by atoms with Crippen molar-refractivity contribution >= 4 is 16.9 Å². The van der Waals surface area contributed by atoms with E-state index < -0.39 is 0 Å². The van der Waals surface area contributed by atoms with Crippen molar-refractivity contribution in [1.29, 1.82) is 0 Å². The number of carbonyl (C=O) groups excluding carboxylic acids is 1. The van der Waals surface area contributed by atoms with E-state index in [1.54, 1.807) is 21.1 Å². The quantitative estimate of drug-likeness (QED) is 0.542. The number of aromatic amines is 1. The molecule has 1 N–H and O–H groups in total. The zero-order chi connectivity index (χ0) is 22.2. The molecule has 0 aliphatic carbocycles. The number of aromatic nitrogens is 4. The van der Waals surface area contributed by atoms with Crippen LogP contribution in [0.2, 0.25) is 0 Å². The van der Waals surface area contributed by atoms with E-state index in [2.05, 4.69) is 10.1 Å². The van der Waals surface area contributed by atoms with Crippen molar-refractivity contribution in [1.82, 2.24) is 24.2 Å². The van der Waals surface area contributed by atoms with E-state index in [1.807, 2.05) is 54.6 Å². The van der Waals surface area contributed by atoms with Crippen LogP contribution in [0.15, 0.2) is 70.3 Å². The van der Waals surface area contributed by atoms with Gasteiger partial charge in [0.05, 0.1) is 16.7 Å². The van der Waals surface area contributed by atoms with E-state index in [1.165, 1.54) is 6.07 Å². The van der Waals surface area contributed by atoms with Gasteiger partial charge in [-0.2, -0.15) is 5.10 Å². The Bertz CT molecular complexity index is 1410. The van der Waals surface area contributed by atoms with Gasteiger partial charge >= 0.3 is 5.69 Å². The first-order valence-electron chi connectivity index (χ1n) is 10.7. The van der Waals surface area contributed by atoms with Gasteiger partial charge in [0, 0.05) is 30.9 Å². The zero-order valence-electron chi connectivity index (χ0n) is 17.7. The van der Waals surface area contributed by atoms with Gasteiger partial charge < -0.3 is 9.88 Å². The fraction of sp³-hybridized carbons (Fsp3) is 0.250. The van der Waals surface area contributed by atoms with Crippen LogP contribution in [0, 0.1) is 6.92 Å². The zero-order valence-corrected chi connectivity index (χ0v) is 17.7. The Balaban J connectivity index is 1.39. The molecule has 3 heterocycles. The summed E-state index contributed by atoms with van der Waals surface area (Å²) in [6, 6.07) is 18.5. The number of piperidine rings is 1. The monoisotopic (exact) mass is 429 g/mol. The largest absolute Gasteiger partial charge is 0.337 e. The van der Waals surface area contributed by atoms with Crippen molar-refractivity contribution in [3.8, 4) is 5.69 Å². The Kier molecular flexibility index (Phi) is 4.97. The summed E-state index contributed by atoms with van der Waals surface area (Å²) in [5.41, 5.74) is 2.53. The minimum atomic E-state index is -0.380. The van der Waals surface area contributed by atoms with Crippen LogP contribution in [-0.4, -0.2) is 43.2 Å². The maximum Gasteiger partial charge on any atom is 0.326 e. The molecule has 0 bridgehead atoms. The van der Waals surface area contributed by atoms with Gasteiger partial charge in [-0.1, -0.05) is 30.3 Å². The molecule has 0 saturated carbocycles. The third-order valence-electron chi connectivity index (χ3n) is 6.05. The first kappa shape index (κ1) is 20.0.